The SMILES string of the molecule is COC(=O)[C@@H]1C2CCC(C[C@H]1c1ccc(Cl)c(Cl)c1)N2CCCN(CCSC(c1ccccc1)(c1ccccc1)c1ccccc1)CC(=O)NCCS(c1ccccc1)(c1ccccc1)c1ccccc1. The fourth-order valence-corrected chi connectivity index (χ4v) is 17.0. The first-order valence-corrected chi connectivity index (χ1v) is 28.4. The van der Waals surface area contributed by atoms with Crippen LogP contribution in [0, 0.1) is 5.92 Å². The zero-order valence-corrected chi connectivity index (χ0v) is 43.5. The molecule has 0 saturated carbocycles. The molecular weight excluding hydrogens is 958 g/mol. The Bertz CT molecular complexity index is 2600. The number of nitrogens with one attached hydrogen (secondary N) is 1. The molecule has 366 valence electrons. The summed E-state index contributed by atoms with van der Waals surface area (Å²) in [4.78, 5) is 36.9. The smallest absolute Gasteiger partial charge is 0.310 e. The van der Waals surface area contributed by atoms with Crippen molar-refractivity contribution >= 4 is 56.9 Å². The maximum Gasteiger partial charge on any atom is 0.310 e. The highest BCUT2D eigenvalue weighted by Crippen LogP contribution is 2.67. The molecule has 2 bridgehead atoms. The van der Waals surface area contributed by atoms with E-state index in [9.17, 15) is 9.59 Å². The Morgan fingerprint density at radius 3 is 1.68 bits per heavy atom. The highest BCUT2D eigenvalue weighted by Gasteiger charge is 2.51. The number of hydrogen-bond donors (Lipinski definition) is 1. The van der Waals surface area contributed by atoms with Crippen molar-refractivity contribution in [2.24, 2.45) is 5.92 Å². The van der Waals surface area contributed by atoms with E-state index in [1.807, 2.05) is 30.0 Å². The van der Waals surface area contributed by atoms with E-state index in [2.05, 4.69) is 197 Å². The number of carbonyl (C=O) groups is 2. The number of piperidine rings is 1. The van der Waals surface area contributed by atoms with E-state index in [4.69, 9.17) is 27.9 Å². The first-order chi connectivity index (χ1) is 34.8. The number of halogens is 2. The lowest BCUT2D eigenvalue weighted by Crippen LogP contribution is -2.51. The van der Waals surface area contributed by atoms with Gasteiger partial charge in [0.2, 0.25) is 5.91 Å². The zero-order chi connectivity index (χ0) is 49.0. The van der Waals surface area contributed by atoms with Crippen LogP contribution in [0.3, 0.4) is 0 Å². The monoisotopic (exact) mass is 1020 g/mol. The van der Waals surface area contributed by atoms with E-state index in [-0.39, 0.29) is 36.3 Å². The summed E-state index contributed by atoms with van der Waals surface area (Å²) >= 11 is 14.8. The van der Waals surface area contributed by atoms with Gasteiger partial charge >= 0.3 is 5.97 Å². The lowest BCUT2D eigenvalue weighted by molar-refractivity contribution is -0.150. The van der Waals surface area contributed by atoms with Gasteiger partial charge in [0, 0.05) is 42.6 Å². The zero-order valence-electron chi connectivity index (χ0n) is 40.3. The number of esters is 1. The summed E-state index contributed by atoms with van der Waals surface area (Å²) in [5, 5.41) is 4.44. The molecule has 0 radical (unpaired) electrons. The van der Waals surface area contributed by atoms with Gasteiger partial charge in [-0.15, -0.1) is 11.8 Å². The second-order valence-corrected chi connectivity index (χ2v) is 24.0. The van der Waals surface area contributed by atoms with Crippen molar-refractivity contribution in [3.63, 3.8) is 0 Å². The molecule has 2 saturated heterocycles. The fraction of sp³-hybridized carbons (Fsp3) is 0.279. The molecule has 2 unspecified atom stereocenters. The molecule has 0 aromatic heterocycles. The van der Waals surface area contributed by atoms with Crippen molar-refractivity contribution in [3.8, 4) is 0 Å². The molecule has 4 atom stereocenters. The number of thioether (sulfide) groups is 1. The normalized spacial score (nSPS) is 18.3. The average Bonchev–Trinajstić information content (AvgIpc) is 3.70. The van der Waals surface area contributed by atoms with Gasteiger partial charge in [-0.3, -0.25) is 19.4 Å². The Balaban J connectivity index is 0.961. The number of hydrogen-bond acceptors (Lipinski definition) is 6. The molecule has 71 heavy (non-hydrogen) atoms. The van der Waals surface area contributed by atoms with Crippen LogP contribution in [0.25, 0.3) is 0 Å². The van der Waals surface area contributed by atoms with Crippen molar-refractivity contribution in [3.05, 3.63) is 232 Å². The maximum absolute atomic E-state index is 14.5. The lowest BCUT2D eigenvalue weighted by Gasteiger charge is -2.44. The molecule has 9 rings (SSSR count). The number of carbonyl (C=O) groups excluding carboxylic acids is 2. The van der Waals surface area contributed by atoms with Crippen LogP contribution < -0.4 is 5.32 Å². The van der Waals surface area contributed by atoms with Crippen LogP contribution in [0.1, 0.15) is 53.9 Å². The number of ether oxygens (including phenoxy) is 1. The van der Waals surface area contributed by atoms with Crippen LogP contribution in [0.2, 0.25) is 10.0 Å². The summed E-state index contributed by atoms with van der Waals surface area (Å²) in [7, 11) is -0.224. The Hall–Kier alpha value is -5.32. The molecule has 2 aliphatic rings. The highest BCUT2D eigenvalue weighted by molar-refractivity contribution is 8.33. The van der Waals surface area contributed by atoms with Crippen molar-refractivity contribution in [2.75, 3.05) is 51.3 Å². The van der Waals surface area contributed by atoms with Gasteiger partial charge in [-0.2, -0.15) is 10.0 Å². The standard InChI is InChI=1S/C61H63Cl2N3O3S2/c1-69-60(68)59-54(46-33-35-55(62)56(63)43-46)44-50-34-36-57(59)66(50)39-20-38-65(40-41-70-61(47-21-8-2-9-22-47,48-23-10-3-11-24-48)49-25-12-4-13-26-49)45-58(67)64-37-42-71(51-27-14-5-15-28-51,52-29-16-6-17-30-52)53-31-18-7-19-32-53/h2-19,21-33,35,43,50,54,57,59H,20,34,36-42,44-45H2,1H3,(H,64,67)/t50?,54-,57?,59-/m0/s1. The van der Waals surface area contributed by atoms with Crippen LogP contribution in [0.15, 0.2) is 215 Å². The number of benzene rings is 7. The summed E-state index contributed by atoms with van der Waals surface area (Å²) in [5.74, 6) is 1.07. The summed E-state index contributed by atoms with van der Waals surface area (Å²) in [6.07, 6.45) is 3.65. The predicted octanol–water partition coefficient (Wildman–Crippen LogP) is 13.6. The molecule has 7 aromatic rings. The Labute approximate surface area is 436 Å². The van der Waals surface area contributed by atoms with E-state index in [1.165, 1.54) is 38.5 Å². The number of nitrogens with zero attached hydrogens (tertiary/aromatic N) is 2. The van der Waals surface area contributed by atoms with Gasteiger partial charge in [0.1, 0.15) is 0 Å². The number of methoxy groups -OCH3 is 1. The second kappa shape index (κ2) is 23.9. The quantitative estimate of drug-likeness (QED) is 0.0572. The predicted molar refractivity (Wildman–Crippen MR) is 295 cm³/mol. The Kier molecular flexibility index (Phi) is 17.1. The molecule has 7 aromatic carbocycles. The topological polar surface area (TPSA) is 61.9 Å². The summed E-state index contributed by atoms with van der Waals surface area (Å²) < 4.78 is 5.02. The van der Waals surface area contributed by atoms with Crippen LogP contribution >= 0.6 is 45.0 Å². The van der Waals surface area contributed by atoms with E-state index in [1.54, 1.807) is 0 Å². The maximum atomic E-state index is 14.5. The van der Waals surface area contributed by atoms with Gasteiger partial charge in [-0.1, -0.05) is 175 Å². The fourth-order valence-electron chi connectivity index (χ4n) is 11.4. The summed E-state index contributed by atoms with van der Waals surface area (Å²) in [5.41, 5.74) is 4.68. The molecule has 2 aliphatic heterocycles. The van der Waals surface area contributed by atoms with Crippen LogP contribution in [-0.2, 0) is 19.1 Å². The third-order valence-corrected chi connectivity index (χ3v) is 20.9. The van der Waals surface area contributed by atoms with E-state index in [0.29, 0.717) is 29.2 Å². The Morgan fingerprint density at radius 2 is 1.18 bits per heavy atom. The molecule has 6 nitrogen and oxygen atoms in total. The molecule has 10 heteroatoms. The van der Waals surface area contributed by atoms with Gasteiger partial charge in [0.25, 0.3) is 0 Å². The van der Waals surface area contributed by atoms with E-state index < -0.39 is 14.8 Å². The molecule has 1 amide bonds. The third kappa shape index (κ3) is 11.2. The number of fused-ring (bicyclic) bond motifs is 2. The van der Waals surface area contributed by atoms with Gasteiger partial charge in [-0.25, -0.2) is 0 Å². The van der Waals surface area contributed by atoms with Gasteiger partial charge in [-0.05, 0) is 124 Å². The van der Waals surface area contributed by atoms with Crippen molar-refractivity contribution in [1.82, 2.24) is 15.1 Å². The van der Waals surface area contributed by atoms with Gasteiger partial charge in [0.05, 0.1) is 34.4 Å². The van der Waals surface area contributed by atoms with Crippen molar-refractivity contribution in [1.29, 1.82) is 0 Å². The van der Waals surface area contributed by atoms with E-state index in [0.717, 1.165) is 55.8 Å². The first-order valence-electron chi connectivity index (χ1n) is 24.9. The minimum Gasteiger partial charge on any atom is -0.469 e. The van der Waals surface area contributed by atoms with E-state index >= 15 is 0 Å². The Morgan fingerprint density at radius 1 is 0.676 bits per heavy atom. The van der Waals surface area contributed by atoms with Gasteiger partial charge < -0.3 is 10.1 Å². The lowest BCUT2D eigenvalue weighted by atomic mass is 9.76. The van der Waals surface area contributed by atoms with Crippen LogP contribution in [0.4, 0.5) is 0 Å². The summed E-state index contributed by atoms with van der Waals surface area (Å²) in [6.45, 7) is 3.06. The van der Waals surface area contributed by atoms with Crippen LogP contribution in [-0.4, -0.2) is 85.1 Å². The minimum absolute atomic E-state index is 0.00598. The van der Waals surface area contributed by atoms with Crippen molar-refractivity contribution in [2.45, 2.75) is 63.1 Å². The minimum atomic E-state index is -1.72. The largest absolute Gasteiger partial charge is 0.469 e. The van der Waals surface area contributed by atoms with Crippen molar-refractivity contribution < 1.29 is 14.3 Å². The molecule has 2 fully saturated rings. The number of rotatable bonds is 21. The third-order valence-electron chi connectivity index (χ3n) is 14.6. The van der Waals surface area contributed by atoms with Gasteiger partial charge in [0.15, 0.2) is 0 Å². The average molecular weight is 1020 g/mol. The number of amides is 1. The first kappa shape index (κ1) is 50.6. The molecule has 1 N–H and O–H groups in total. The summed E-state index contributed by atoms with van der Waals surface area (Å²) in [6, 6.07) is 71.0. The molecule has 0 aliphatic carbocycles. The molecular formula is C61H63Cl2N3O3S2. The second-order valence-electron chi connectivity index (χ2n) is 18.6. The highest BCUT2D eigenvalue weighted by atomic mass is 35.5. The van der Waals surface area contributed by atoms with Crippen LogP contribution in [0.5, 0.6) is 0 Å². The molecule has 2 heterocycles. The molecule has 0 spiro atoms.